The van der Waals surface area contributed by atoms with Gasteiger partial charge in [0.15, 0.2) is 0 Å². The van der Waals surface area contributed by atoms with Crippen LogP contribution in [0.1, 0.15) is 10.5 Å². The topological polar surface area (TPSA) is 54.9 Å². The van der Waals surface area contributed by atoms with Crippen LogP contribution in [-0.2, 0) is 0 Å². The van der Waals surface area contributed by atoms with Crippen LogP contribution in [0.15, 0.2) is 30.7 Å². The Kier molecular flexibility index (Phi) is 4.01. The summed E-state index contributed by atoms with van der Waals surface area (Å²) in [6.45, 7) is 0. The molecular formula is C11H6Cl3N3O. The van der Waals surface area contributed by atoms with Gasteiger partial charge in [0.05, 0.1) is 21.9 Å². The fraction of sp³-hybridized carbons (Fsp3) is 0. The number of carbonyl (C=O) groups excluding carboxylic acids is 1. The zero-order chi connectivity index (χ0) is 13.1. The quantitative estimate of drug-likeness (QED) is 0.920. The highest BCUT2D eigenvalue weighted by atomic mass is 35.5. The first-order valence-electron chi connectivity index (χ1n) is 4.80. The van der Waals surface area contributed by atoms with Crippen LogP contribution in [0.2, 0.25) is 15.1 Å². The number of halogens is 3. The van der Waals surface area contributed by atoms with Crippen molar-refractivity contribution >= 4 is 46.4 Å². The molecule has 1 aromatic carbocycles. The average molecular weight is 303 g/mol. The Balaban J connectivity index is 2.28. The molecular weight excluding hydrogens is 296 g/mol. The molecule has 0 saturated carbocycles. The predicted octanol–water partition coefficient (Wildman–Crippen LogP) is 3.69. The molecule has 0 radical (unpaired) electrons. The van der Waals surface area contributed by atoms with E-state index in [0.29, 0.717) is 10.7 Å². The highest BCUT2D eigenvalue weighted by Crippen LogP contribution is 2.33. The highest BCUT2D eigenvalue weighted by Gasteiger charge is 2.13. The fourth-order valence-electron chi connectivity index (χ4n) is 1.26. The molecule has 92 valence electrons. The van der Waals surface area contributed by atoms with E-state index in [9.17, 15) is 4.79 Å². The van der Waals surface area contributed by atoms with E-state index in [-0.39, 0.29) is 15.7 Å². The number of aromatic nitrogens is 2. The van der Waals surface area contributed by atoms with Gasteiger partial charge >= 0.3 is 0 Å². The summed E-state index contributed by atoms with van der Waals surface area (Å²) in [7, 11) is 0. The van der Waals surface area contributed by atoms with E-state index in [1.165, 1.54) is 30.7 Å². The Hall–Kier alpha value is -1.36. The molecule has 1 amide bonds. The molecule has 7 heteroatoms. The van der Waals surface area contributed by atoms with E-state index in [2.05, 4.69) is 15.3 Å². The van der Waals surface area contributed by atoms with E-state index in [1.807, 2.05) is 0 Å². The first-order valence-corrected chi connectivity index (χ1v) is 5.93. The standard InChI is InChI=1S/C11H6Cl3N3O/c12-6-3-7(13)10(8(14)4-6)17-11(18)9-5-15-1-2-16-9/h1-5H,(H,17,18). The van der Waals surface area contributed by atoms with Crippen LogP contribution >= 0.6 is 34.8 Å². The van der Waals surface area contributed by atoms with E-state index >= 15 is 0 Å². The normalized spacial score (nSPS) is 10.2. The van der Waals surface area contributed by atoms with Crippen molar-refractivity contribution in [1.82, 2.24) is 9.97 Å². The minimum Gasteiger partial charge on any atom is -0.318 e. The van der Waals surface area contributed by atoms with Crippen LogP contribution in [-0.4, -0.2) is 15.9 Å². The summed E-state index contributed by atoms with van der Waals surface area (Å²) in [5, 5.41) is 3.46. The molecule has 0 aliphatic carbocycles. The number of hydrogen-bond acceptors (Lipinski definition) is 3. The minimum atomic E-state index is -0.450. The molecule has 2 aromatic rings. The van der Waals surface area contributed by atoms with Gasteiger partial charge in [-0.1, -0.05) is 34.8 Å². The molecule has 0 atom stereocenters. The van der Waals surface area contributed by atoms with Crippen molar-refractivity contribution in [2.45, 2.75) is 0 Å². The van der Waals surface area contributed by atoms with Crippen molar-refractivity contribution in [3.05, 3.63) is 51.5 Å². The lowest BCUT2D eigenvalue weighted by Crippen LogP contribution is -2.14. The molecule has 1 heterocycles. The van der Waals surface area contributed by atoms with Crippen LogP contribution in [0, 0.1) is 0 Å². The fourth-order valence-corrected chi connectivity index (χ4v) is 2.17. The molecule has 0 bridgehead atoms. The largest absolute Gasteiger partial charge is 0.318 e. The Bertz CT molecular complexity index is 566. The summed E-state index contributed by atoms with van der Waals surface area (Å²) < 4.78 is 0. The second-order valence-corrected chi connectivity index (χ2v) is 4.54. The molecule has 0 aliphatic heterocycles. The number of nitrogens with zero attached hydrogens (tertiary/aromatic N) is 2. The molecule has 0 spiro atoms. The Morgan fingerprint density at radius 3 is 2.33 bits per heavy atom. The van der Waals surface area contributed by atoms with Gasteiger partial charge in [-0.15, -0.1) is 0 Å². The lowest BCUT2D eigenvalue weighted by molar-refractivity contribution is 0.102. The van der Waals surface area contributed by atoms with Crippen LogP contribution in [0.5, 0.6) is 0 Å². The maximum atomic E-state index is 11.8. The molecule has 1 N–H and O–H groups in total. The van der Waals surface area contributed by atoms with Crippen molar-refractivity contribution < 1.29 is 4.79 Å². The van der Waals surface area contributed by atoms with E-state index in [4.69, 9.17) is 34.8 Å². The molecule has 0 fully saturated rings. The summed E-state index contributed by atoms with van der Waals surface area (Å²) in [6.07, 6.45) is 4.23. The number of benzene rings is 1. The monoisotopic (exact) mass is 301 g/mol. The minimum absolute atomic E-state index is 0.166. The van der Waals surface area contributed by atoms with Crippen molar-refractivity contribution in [3.8, 4) is 0 Å². The van der Waals surface area contributed by atoms with E-state index in [0.717, 1.165) is 0 Å². The van der Waals surface area contributed by atoms with Gasteiger partial charge in [-0.05, 0) is 12.1 Å². The van der Waals surface area contributed by atoms with Crippen molar-refractivity contribution in [3.63, 3.8) is 0 Å². The second kappa shape index (κ2) is 5.52. The molecule has 1 aromatic heterocycles. The molecule has 0 unspecified atom stereocenters. The maximum Gasteiger partial charge on any atom is 0.275 e. The van der Waals surface area contributed by atoms with Gasteiger partial charge in [-0.3, -0.25) is 9.78 Å². The molecule has 0 aliphatic rings. The Morgan fingerprint density at radius 1 is 1.11 bits per heavy atom. The number of anilines is 1. The molecule has 2 rings (SSSR count). The van der Waals surface area contributed by atoms with Gasteiger partial charge in [-0.2, -0.15) is 0 Å². The van der Waals surface area contributed by atoms with Crippen LogP contribution in [0.3, 0.4) is 0 Å². The van der Waals surface area contributed by atoms with Crippen molar-refractivity contribution in [2.75, 3.05) is 5.32 Å². The number of hydrogen-bond donors (Lipinski definition) is 1. The van der Waals surface area contributed by atoms with Gasteiger partial charge < -0.3 is 5.32 Å². The molecule has 18 heavy (non-hydrogen) atoms. The zero-order valence-corrected chi connectivity index (χ0v) is 11.1. The van der Waals surface area contributed by atoms with Gasteiger partial charge in [0.1, 0.15) is 5.69 Å². The number of carbonyl (C=O) groups is 1. The summed E-state index contributed by atoms with van der Waals surface area (Å²) in [6, 6.07) is 2.97. The molecule has 4 nitrogen and oxygen atoms in total. The number of nitrogens with one attached hydrogen (secondary N) is 1. The highest BCUT2D eigenvalue weighted by molar-refractivity contribution is 6.42. The van der Waals surface area contributed by atoms with E-state index in [1.54, 1.807) is 0 Å². The SMILES string of the molecule is O=C(Nc1c(Cl)cc(Cl)cc1Cl)c1cnccn1. The van der Waals surface area contributed by atoms with Gasteiger partial charge in [0, 0.05) is 17.4 Å². The zero-order valence-electron chi connectivity index (χ0n) is 8.82. The van der Waals surface area contributed by atoms with Gasteiger partial charge in [0.25, 0.3) is 5.91 Å². The third-order valence-corrected chi connectivity index (χ3v) is 2.86. The summed E-state index contributed by atoms with van der Waals surface area (Å²) in [4.78, 5) is 19.5. The molecule has 0 saturated heterocycles. The van der Waals surface area contributed by atoms with Crippen molar-refractivity contribution in [2.24, 2.45) is 0 Å². The van der Waals surface area contributed by atoms with Gasteiger partial charge in [0.2, 0.25) is 0 Å². The summed E-state index contributed by atoms with van der Waals surface area (Å²) in [5.74, 6) is -0.450. The Labute approximate surface area is 118 Å². The summed E-state index contributed by atoms with van der Waals surface area (Å²) in [5.41, 5.74) is 0.456. The maximum absolute atomic E-state index is 11.8. The first kappa shape index (κ1) is 13.1. The van der Waals surface area contributed by atoms with E-state index < -0.39 is 5.91 Å². The second-order valence-electron chi connectivity index (χ2n) is 3.29. The lowest BCUT2D eigenvalue weighted by atomic mass is 10.3. The van der Waals surface area contributed by atoms with Crippen LogP contribution in [0.25, 0.3) is 0 Å². The third-order valence-electron chi connectivity index (χ3n) is 2.04. The average Bonchev–Trinajstić information content (AvgIpc) is 2.34. The number of rotatable bonds is 2. The lowest BCUT2D eigenvalue weighted by Gasteiger charge is -2.09. The summed E-state index contributed by atoms with van der Waals surface area (Å²) >= 11 is 17.7. The third kappa shape index (κ3) is 2.90. The number of amides is 1. The van der Waals surface area contributed by atoms with Crippen molar-refractivity contribution in [1.29, 1.82) is 0 Å². The predicted molar refractivity (Wildman–Crippen MR) is 71.5 cm³/mol. The smallest absolute Gasteiger partial charge is 0.275 e. The van der Waals surface area contributed by atoms with Crippen LogP contribution in [0.4, 0.5) is 5.69 Å². The van der Waals surface area contributed by atoms with Crippen LogP contribution < -0.4 is 5.32 Å². The first-order chi connectivity index (χ1) is 8.58. The van der Waals surface area contributed by atoms with Gasteiger partial charge in [-0.25, -0.2) is 4.98 Å². The Morgan fingerprint density at radius 2 is 1.78 bits per heavy atom.